The Morgan fingerprint density at radius 2 is 2.05 bits per heavy atom. The van der Waals surface area contributed by atoms with E-state index in [0.717, 1.165) is 10.9 Å². The Hall–Kier alpha value is -2.66. The summed E-state index contributed by atoms with van der Waals surface area (Å²) in [5.74, 6) is -0.233. The summed E-state index contributed by atoms with van der Waals surface area (Å²) in [4.78, 5) is 19.5. The first kappa shape index (κ1) is 14.3. The van der Waals surface area contributed by atoms with E-state index in [9.17, 15) is 9.90 Å². The number of nitrogens with zero attached hydrogens (tertiary/aromatic N) is 1. The van der Waals surface area contributed by atoms with Crippen molar-refractivity contribution in [2.45, 2.75) is 12.5 Å². The van der Waals surface area contributed by atoms with Crippen LogP contribution in [0.5, 0.6) is 0 Å². The quantitative estimate of drug-likeness (QED) is 0.690. The van der Waals surface area contributed by atoms with Crippen LogP contribution in [0.4, 0.5) is 0 Å². The number of fused-ring (bicyclic) bond motifs is 1. The number of hydrogen-bond donors (Lipinski definition) is 3. The largest absolute Gasteiger partial charge is 0.384 e. The second kappa shape index (κ2) is 5.61. The minimum atomic E-state index is -1.12. The van der Waals surface area contributed by atoms with Crippen LogP contribution in [0, 0.1) is 0 Å². The third-order valence-electron chi connectivity index (χ3n) is 3.69. The minimum absolute atomic E-state index is 0.129. The molecule has 5 nitrogen and oxygen atoms in total. The number of pyridine rings is 1. The molecule has 0 fully saturated rings. The highest BCUT2D eigenvalue weighted by atomic mass is 16.3. The number of aliphatic hydroxyl groups is 1. The maximum Gasteiger partial charge on any atom is 0.252 e. The lowest BCUT2D eigenvalue weighted by Crippen LogP contribution is -2.38. The van der Waals surface area contributed by atoms with E-state index in [1.54, 1.807) is 25.4 Å². The van der Waals surface area contributed by atoms with Crippen LogP contribution in [0.25, 0.3) is 11.0 Å². The molecule has 0 spiro atoms. The summed E-state index contributed by atoms with van der Waals surface area (Å²) < 4.78 is 0. The molecule has 3 N–H and O–H groups in total. The molecule has 2 aromatic heterocycles. The molecule has 3 aromatic rings. The Bertz CT molecular complexity index is 794. The van der Waals surface area contributed by atoms with Crippen LogP contribution in [0.3, 0.4) is 0 Å². The highest BCUT2D eigenvalue weighted by molar-refractivity contribution is 6.05. The number of aromatic amines is 1. The molecule has 5 heteroatoms. The number of carbonyl (C=O) groups excluding carboxylic acids is 1. The van der Waals surface area contributed by atoms with E-state index < -0.39 is 5.60 Å². The predicted molar refractivity (Wildman–Crippen MR) is 84.4 cm³/mol. The van der Waals surface area contributed by atoms with Crippen LogP contribution in [0.15, 0.2) is 54.9 Å². The minimum Gasteiger partial charge on any atom is -0.384 e. The summed E-state index contributed by atoms with van der Waals surface area (Å²) in [7, 11) is 0. The van der Waals surface area contributed by atoms with Gasteiger partial charge in [-0.15, -0.1) is 0 Å². The predicted octanol–water partition coefficient (Wildman–Crippen LogP) is 2.20. The molecule has 0 bridgehead atoms. The SMILES string of the molecule is CC(O)(CNC(=O)c1ccnc2[nH]ccc12)c1ccccc1. The average Bonchev–Trinajstić information content (AvgIpc) is 3.02. The molecule has 0 saturated heterocycles. The fourth-order valence-electron chi connectivity index (χ4n) is 2.41. The van der Waals surface area contributed by atoms with E-state index >= 15 is 0 Å². The summed E-state index contributed by atoms with van der Waals surface area (Å²) in [5.41, 5.74) is 0.843. The summed E-state index contributed by atoms with van der Waals surface area (Å²) in [6.07, 6.45) is 3.33. The van der Waals surface area contributed by atoms with E-state index in [4.69, 9.17) is 0 Å². The van der Waals surface area contributed by atoms with Crippen molar-refractivity contribution in [2.24, 2.45) is 0 Å². The van der Waals surface area contributed by atoms with Crippen LogP contribution in [-0.4, -0.2) is 27.5 Å². The van der Waals surface area contributed by atoms with Crippen molar-refractivity contribution >= 4 is 16.9 Å². The number of nitrogens with one attached hydrogen (secondary N) is 2. The smallest absolute Gasteiger partial charge is 0.252 e. The second-order valence-corrected chi connectivity index (χ2v) is 5.42. The van der Waals surface area contributed by atoms with Gasteiger partial charge in [0.05, 0.1) is 12.1 Å². The van der Waals surface area contributed by atoms with Gasteiger partial charge in [0.25, 0.3) is 5.91 Å². The molecule has 0 aliphatic heterocycles. The molecule has 1 atom stereocenters. The number of amides is 1. The van der Waals surface area contributed by atoms with Crippen LogP contribution >= 0.6 is 0 Å². The third-order valence-corrected chi connectivity index (χ3v) is 3.69. The number of rotatable bonds is 4. The van der Waals surface area contributed by atoms with E-state index in [2.05, 4.69) is 15.3 Å². The fourth-order valence-corrected chi connectivity index (χ4v) is 2.41. The lowest BCUT2D eigenvalue weighted by atomic mass is 9.96. The standard InChI is InChI=1S/C17H17N3O2/c1-17(22,12-5-3-2-4-6-12)11-20-16(21)14-8-10-19-15-13(14)7-9-18-15/h2-10,22H,11H2,1H3,(H,18,19)(H,20,21). The van der Waals surface area contributed by atoms with Crippen LogP contribution in [0.1, 0.15) is 22.8 Å². The molecule has 22 heavy (non-hydrogen) atoms. The zero-order valence-electron chi connectivity index (χ0n) is 12.2. The van der Waals surface area contributed by atoms with E-state index in [1.165, 1.54) is 0 Å². The summed E-state index contributed by atoms with van der Waals surface area (Å²) >= 11 is 0. The summed E-state index contributed by atoms with van der Waals surface area (Å²) in [6, 6.07) is 12.8. The van der Waals surface area contributed by atoms with Gasteiger partial charge in [0, 0.05) is 17.8 Å². The normalized spacial score (nSPS) is 13.7. The molecule has 3 rings (SSSR count). The summed E-state index contributed by atoms with van der Waals surface area (Å²) in [5, 5.41) is 14.1. The van der Waals surface area contributed by atoms with E-state index in [-0.39, 0.29) is 12.5 Å². The van der Waals surface area contributed by atoms with Gasteiger partial charge in [-0.05, 0) is 24.6 Å². The molecule has 0 aliphatic rings. The molecule has 112 valence electrons. The Labute approximate surface area is 128 Å². The Kier molecular flexibility index (Phi) is 3.65. The Morgan fingerprint density at radius 1 is 1.27 bits per heavy atom. The lowest BCUT2D eigenvalue weighted by molar-refractivity contribution is 0.0527. The molecule has 0 radical (unpaired) electrons. The van der Waals surface area contributed by atoms with Crippen molar-refractivity contribution in [3.63, 3.8) is 0 Å². The van der Waals surface area contributed by atoms with Gasteiger partial charge in [-0.2, -0.15) is 0 Å². The molecule has 1 amide bonds. The zero-order chi connectivity index (χ0) is 15.6. The first-order valence-electron chi connectivity index (χ1n) is 7.06. The molecule has 0 aliphatic carbocycles. The molecular formula is C17H17N3O2. The molecule has 1 unspecified atom stereocenters. The zero-order valence-corrected chi connectivity index (χ0v) is 12.2. The van der Waals surface area contributed by atoms with Gasteiger partial charge in [-0.25, -0.2) is 4.98 Å². The van der Waals surface area contributed by atoms with Crippen LogP contribution in [0.2, 0.25) is 0 Å². The van der Waals surface area contributed by atoms with E-state index in [0.29, 0.717) is 11.2 Å². The number of aromatic nitrogens is 2. The summed E-state index contributed by atoms with van der Waals surface area (Å²) in [6.45, 7) is 1.81. The van der Waals surface area contributed by atoms with Gasteiger partial charge in [0.2, 0.25) is 0 Å². The van der Waals surface area contributed by atoms with Gasteiger partial charge in [-0.1, -0.05) is 30.3 Å². The van der Waals surface area contributed by atoms with Crippen LogP contribution < -0.4 is 5.32 Å². The topological polar surface area (TPSA) is 78.0 Å². The highest BCUT2D eigenvalue weighted by Crippen LogP contribution is 2.20. The van der Waals surface area contributed by atoms with Gasteiger partial charge < -0.3 is 15.4 Å². The first-order valence-corrected chi connectivity index (χ1v) is 7.06. The average molecular weight is 295 g/mol. The number of benzene rings is 1. The molecule has 0 saturated carbocycles. The van der Waals surface area contributed by atoms with Crippen molar-refractivity contribution in [1.82, 2.24) is 15.3 Å². The second-order valence-electron chi connectivity index (χ2n) is 5.42. The Morgan fingerprint density at radius 3 is 2.82 bits per heavy atom. The Balaban J connectivity index is 1.76. The van der Waals surface area contributed by atoms with Gasteiger partial charge in [0.1, 0.15) is 11.2 Å². The molecular weight excluding hydrogens is 278 g/mol. The van der Waals surface area contributed by atoms with Crippen molar-refractivity contribution in [2.75, 3.05) is 6.54 Å². The van der Waals surface area contributed by atoms with Gasteiger partial charge >= 0.3 is 0 Å². The van der Waals surface area contributed by atoms with Crippen molar-refractivity contribution in [3.8, 4) is 0 Å². The highest BCUT2D eigenvalue weighted by Gasteiger charge is 2.24. The maximum absolute atomic E-state index is 12.4. The number of hydrogen-bond acceptors (Lipinski definition) is 3. The molecule has 2 heterocycles. The molecule has 1 aromatic carbocycles. The van der Waals surface area contributed by atoms with Gasteiger partial charge in [-0.3, -0.25) is 4.79 Å². The fraction of sp³-hybridized carbons (Fsp3) is 0.176. The first-order chi connectivity index (χ1) is 10.6. The maximum atomic E-state index is 12.4. The monoisotopic (exact) mass is 295 g/mol. The van der Waals surface area contributed by atoms with Crippen molar-refractivity contribution < 1.29 is 9.90 Å². The third kappa shape index (κ3) is 2.71. The number of H-pyrrole nitrogens is 1. The van der Waals surface area contributed by atoms with Gasteiger partial charge in [0.15, 0.2) is 0 Å². The van der Waals surface area contributed by atoms with Crippen molar-refractivity contribution in [1.29, 1.82) is 0 Å². The van der Waals surface area contributed by atoms with Crippen molar-refractivity contribution in [3.05, 3.63) is 66.0 Å². The van der Waals surface area contributed by atoms with E-state index in [1.807, 2.05) is 36.4 Å². The lowest BCUT2D eigenvalue weighted by Gasteiger charge is -2.24. The van der Waals surface area contributed by atoms with Crippen LogP contribution in [-0.2, 0) is 5.60 Å². The number of carbonyl (C=O) groups is 1.